The van der Waals surface area contributed by atoms with Crippen LogP contribution in [0.2, 0.25) is 0 Å². The number of halogens is 3. The van der Waals surface area contributed by atoms with E-state index < -0.39 is 5.51 Å². The Morgan fingerprint density at radius 3 is 2.46 bits per heavy atom. The molecule has 0 saturated heterocycles. The number of Topliss-reactive ketones (excluding diaryl/α,β-unsaturated/α-hetero) is 1. The highest BCUT2D eigenvalue weighted by Gasteiger charge is 2.29. The van der Waals surface area contributed by atoms with E-state index in [-0.39, 0.29) is 22.4 Å². The van der Waals surface area contributed by atoms with Gasteiger partial charge in [0, 0.05) is 22.5 Å². The van der Waals surface area contributed by atoms with Crippen molar-refractivity contribution in [2.75, 3.05) is 7.11 Å². The molecule has 1 aliphatic carbocycles. The minimum atomic E-state index is -4.30. The zero-order chi connectivity index (χ0) is 17.3. The maximum absolute atomic E-state index is 12.4. The van der Waals surface area contributed by atoms with E-state index in [1.165, 1.54) is 12.1 Å². The number of carbonyl (C=O) groups is 1. The molecule has 0 aliphatic heterocycles. The van der Waals surface area contributed by atoms with Gasteiger partial charge in [0.1, 0.15) is 5.75 Å². The van der Waals surface area contributed by atoms with Gasteiger partial charge in [0.15, 0.2) is 5.78 Å². The zero-order valence-electron chi connectivity index (χ0n) is 12.7. The predicted octanol–water partition coefficient (Wildman–Crippen LogP) is 5.13. The van der Waals surface area contributed by atoms with Gasteiger partial charge in [-0.2, -0.15) is 13.2 Å². The van der Waals surface area contributed by atoms with Crippen molar-refractivity contribution < 1.29 is 22.7 Å². The molecule has 0 aromatic heterocycles. The maximum atomic E-state index is 12.4. The first kappa shape index (κ1) is 16.6. The first-order valence-corrected chi connectivity index (χ1v) is 7.95. The van der Waals surface area contributed by atoms with Crippen molar-refractivity contribution in [2.45, 2.75) is 16.8 Å². The molecule has 2 nitrogen and oxygen atoms in total. The first-order valence-electron chi connectivity index (χ1n) is 7.14. The minimum absolute atomic E-state index is 0.0543. The molecule has 6 heteroatoms. The van der Waals surface area contributed by atoms with E-state index in [9.17, 15) is 18.0 Å². The number of hydrogen-bond acceptors (Lipinski definition) is 3. The Morgan fingerprint density at radius 2 is 1.83 bits per heavy atom. The van der Waals surface area contributed by atoms with E-state index in [0.29, 0.717) is 28.9 Å². The molecule has 0 fully saturated rings. The van der Waals surface area contributed by atoms with Crippen LogP contribution in [0.1, 0.15) is 21.5 Å². The quantitative estimate of drug-likeness (QED) is 0.567. The molecule has 24 heavy (non-hydrogen) atoms. The standard InChI is InChI=1S/C18H13F3O2S/c1-23-14-4-7-16-12(10-14)9-13(17(16)22)8-11-2-5-15(6-3-11)24-18(19,20)21/h2-8,10H,9H2,1H3/b13-8+. The van der Waals surface area contributed by atoms with Crippen molar-refractivity contribution in [2.24, 2.45) is 0 Å². The van der Waals surface area contributed by atoms with Gasteiger partial charge in [-0.15, -0.1) is 0 Å². The molecule has 0 atom stereocenters. The number of methoxy groups -OCH3 is 1. The smallest absolute Gasteiger partial charge is 0.446 e. The molecule has 0 radical (unpaired) electrons. The average Bonchev–Trinajstić information content (AvgIpc) is 2.83. The minimum Gasteiger partial charge on any atom is -0.497 e. The maximum Gasteiger partial charge on any atom is 0.446 e. The topological polar surface area (TPSA) is 26.3 Å². The summed E-state index contributed by atoms with van der Waals surface area (Å²) in [6.07, 6.45) is 2.21. The number of allylic oxidation sites excluding steroid dienone is 1. The van der Waals surface area contributed by atoms with Crippen LogP contribution in [0.25, 0.3) is 6.08 Å². The number of carbonyl (C=O) groups excluding carboxylic acids is 1. The molecule has 2 aromatic carbocycles. The van der Waals surface area contributed by atoms with Gasteiger partial charge in [0.05, 0.1) is 7.11 Å². The SMILES string of the molecule is COc1ccc2c(c1)C/C(=C\c1ccc(SC(F)(F)F)cc1)C2=O. The lowest BCUT2D eigenvalue weighted by molar-refractivity contribution is -0.0328. The summed E-state index contributed by atoms with van der Waals surface area (Å²) in [5.41, 5.74) is -1.44. The van der Waals surface area contributed by atoms with Gasteiger partial charge < -0.3 is 4.74 Å². The second-order valence-corrected chi connectivity index (χ2v) is 6.45. The molecule has 0 N–H and O–H groups in total. The van der Waals surface area contributed by atoms with Crippen LogP contribution in [0.15, 0.2) is 52.9 Å². The van der Waals surface area contributed by atoms with Crippen LogP contribution in [0.4, 0.5) is 13.2 Å². The number of alkyl halides is 3. The van der Waals surface area contributed by atoms with Crippen LogP contribution in [0, 0.1) is 0 Å². The fraction of sp³-hybridized carbons (Fsp3) is 0.167. The molecule has 0 saturated carbocycles. The van der Waals surface area contributed by atoms with Crippen molar-refractivity contribution >= 4 is 23.6 Å². The average molecular weight is 350 g/mol. The molecule has 0 amide bonds. The second kappa shape index (κ2) is 6.36. The molecule has 2 aromatic rings. The molecular formula is C18H13F3O2S. The lowest BCUT2D eigenvalue weighted by Gasteiger charge is -2.05. The number of thioether (sulfide) groups is 1. The number of ether oxygens (including phenoxy) is 1. The monoisotopic (exact) mass is 350 g/mol. The van der Waals surface area contributed by atoms with Crippen molar-refractivity contribution in [1.29, 1.82) is 0 Å². The van der Waals surface area contributed by atoms with Crippen LogP contribution < -0.4 is 4.74 Å². The lowest BCUT2D eigenvalue weighted by atomic mass is 10.1. The Hall–Kier alpha value is -2.21. The third kappa shape index (κ3) is 3.64. The Labute approximate surface area is 141 Å². The van der Waals surface area contributed by atoms with Gasteiger partial charge in [0.2, 0.25) is 0 Å². The van der Waals surface area contributed by atoms with Crippen LogP contribution in [0.5, 0.6) is 5.75 Å². The third-order valence-electron chi connectivity index (χ3n) is 3.68. The van der Waals surface area contributed by atoms with Crippen molar-refractivity contribution in [1.82, 2.24) is 0 Å². The van der Waals surface area contributed by atoms with Gasteiger partial charge in [0.25, 0.3) is 0 Å². The number of benzene rings is 2. The summed E-state index contributed by atoms with van der Waals surface area (Å²) >= 11 is -0.155. The molecule has 0 spiro atoms. The Balaban J connectivity index is 1.81. The molecule has 3 rings (SSSR count). The largest absolute Gasteiger partial charge is 0.497 e. The summed E-state index contributed by atoms with van der Waals surface area (Å²) in [6.45, 7) is 0. The van der Waals surface area contributed by atoms with E-state index >= 15 is 0 Å². The summed E-state index contributed by atoms with van der Waals surface area (Å²) in [6, 6.07) is 11.3. The van der Waals surface area contributed by atoms with Crippen LogP contribution in [-0.4, -0.2) is 18.4 Å². The molecule has 0 unspecified atom stereocenters. The number of hydrogen-bond donors (Lipinski definition) is 0. The molecule has 0 bridgehead atoms. The highest BCUT2D eigenvalue weighted by atomic mass is 32.2. The summed E-state index contributed by atoms with van der Waals surface area (Å²) in [5.74, 6) is 0.637. The van der Waals surface area contributed by atoms with E-state index in [0.717, 1.165) is 5.56 Å². The van der Waals surface area contributed by atoms with E-state index in [2.05, 4.69) is 0 Å². The summed E-state index contributed by atoms with van der Waals surface area (Å²) in [4.78, 5) is 12.5. The van der Waals surface area contributed by atoms with E-state index in [4.69, 9.17) is 4.74 Å². The fourth-order valence-electron chi connectivity index (χ4n) is 2.61. The lowest BCUT2D eigenvalue weighted by Crippen LogP contribution is -1.98. The number of ketones is 1. The van der Waals surface area contributed by atoms with Crippen LogP contribution in [0.3, 0.4) is 0 Å². The fourth-order valence-corrected chi connectivity index (χ4v) is 3.15. The number of rotatable bonds is 3. The number of fused-ring (bicyclic) bond motifs is 1. The van der Waals surface area contributed by atoms with Gasteiger partial charge in [-0.05, 0) is 59.3 Å². The van der Waals surface area contributed by atoms with Gasteiger partial charge in [-0.3, -0.25) is 4.79 Å². The summed E-state index contributed by atoms with van der Waals surface area (Å²) < 4.78 is 42.1. The summed E-state index contributed by atoms with van der Waals surface area (Å²) in [7, 11) is 1.57. The van der Waals surface area contributed by atoms with Crippen LogP contribution in [-0.2, 0) is 6.42 Å². The molecular weight excluding hydrogens is 337 g/mol. The molecule has 1 aliphatic rings. The summed E-state index contributed by atoms with van der Waals surface area (Å²) in [5, 5.41) is 0. The van der Waals surface area contributed by atoms with Crippen molar-refractivity contribution in [3.63, 3.8) is 0 Å². The highest BCUT2D eigenvalue weighted by molar-refractivity contribution is 8.00. The van der Waals surface area contributed by atoms with Gasteiger partial charge in [-0.1, -0.05) is 12.1 Å². The third-order valence-corrected chi connectivity index (χ3v) is 4.42. The zero-order valence-corrected chi connectivity index (χ0v) is 13.5. The highest BCUT2D eigenvalue weighted by Crippen LogP contribution is 2.37. The van der Waals surface area contributed by atoms with Gasteiger partial charge in [-0.25, -0.2) is 0 Å². The predicted molar refractivity (Wildman–Crippen MR) is 87.4 cm³/mol. The van der Waals surface area contributed by atoms with Crippen molar-refractivity contribution in [3.05, 3.63) is 64.7 Å². The van der Waals surface area contributed by atoms with Gasteiger partial charge >= 0.3 is 5.51 Å². The molecule has 0 heterocycles. The van der Waals surface area contributed by atoms with E-state index in [1.807, 2.05) is 6.07 Å². The normalized spacial score (nSPS) is 15.7. The van der Waals surface area contributed by atoms with Crippen LogP contribution >= 0.6 is 11.8 Å². The Morgan fingerprint density at radius 1 is 1.12 bits per heavy atom. The second-order valence-electron chi connectivity index (χ2n) is 5.32. The Bertz CT molecular complexity index is 808. The molecule has 124 valence electrons. The Kier molecular flexibility index (Phi) is 4.41. The van der Waals surface area contributed by atoms with Crippen molar-refractivity contribution in [3.8, 4) is 5.75 Å². The first-order chi connectivity index (χ1) is 11.4. The van der Waals surface area contributed by atoms with E-state index in [1.54, 1.807) is 37.5 Å².